The number of benzene rings is 1. The Morgan fingerprint density at radius 3 is 2.46 bits per heavy atom. The predicted molar refractivity (Wildman–Crippen MR) is 117 cm³/mol. The lowest BCUT2D eigenvalue weighted by Gasteiger charge is -2.36. The van der Waals surface area contributed by atoms with E-state index in [0.29, 0.717) is 6.54 Å². The molecule has 26 heavy (non-hydrogen) atoms. The molecule has 2 heterocycles. The van der Waals surface area contributed by atoms with E-state index in [1.54, 1.807) is 0 Å². The summed E-state index contributed by atoms with van der Waals surface area (Å²) in [6, 6.07) is 10.7. The molecule has 1 aliphatic heterocycles. The van der Waals surface area contributed by atoms with Gasteiger partial charge in [-0.1, -0.05) is 30.3 Å². The Hall–Kier alpha value is -1.61. The normalized spacial score (nSPS) is 15.6. The van der Waals surface area contributed by atoms with Crippen molar-refractivity contribution in [3.05, 3.63) is 53.9 Å². The summed E-state index contributed by atoms with van der Waals surface area (Å²) < 4.78 is 1.82. The molecule has 0 spiro atoms. The van der Waals surface area contributed by atoms with Crippen molar-refractivity contribution in [2.75, 3.05) is 32.7 Å². The number of aryl methyl sites for hydroxylation is 1. The molecule has 0 unspecified atom stereocenters. The Bertz CT molecular complexity index is 676. The number of aromatic nitrogens is 2. The first-order valence-corrected chi connectivity index (χ1v) is 9.01. The van der Waals surface area contributed by atoms with Crippen molar-refractivity contribution >= 4 is 29.9 Å². The minimum Gasteiger partial charge on any atom is -0.357 e. The van der Waals surface area contributed by atoms with Crippen LogP contribution in [0.3, 0.4) is 0 Å². The number of guanidine groups is 1. The summed E-state index contributed by atoms with van der Waals surface area (Å²) in [4.78, 5) is 9.66. The maximum atomic E-state index is 4.79. The molecule has 3 rings (SSSR count). The van der Waals surface area contributed by atoms with Gasteiger partial charge in [0.15, 0.2) is 5.96 Å². The number of hydrogen-bond donors (Lipinski definition) is 1. The smallest absolute Gasteiger partial charge is 0.194 e. The highest BCUT2D eigenvalue weighted by Crippen LogP contribution is 2.09. The fourth-order valence-electron chi connectivity index (χ4n) is 3.10. The molecule has 0 aliphatic carbocycles. The van der Waals surface area contributed by atoms with Gasteiger partial charge in [-0.15, -0.1) is 24.0 Å². The van der Waals surface area contributed by atoms with Crippen molar-refractivity contribution in [2.45, 2.75) is 20.0 Å². The van der Waals surface area contributed by atoms with Crippen LogP contribution < -0.4 is 5.32 Å². The van der Waals surface area contributed by atoms with Gasteiger partial charge in [-0.2, -0.15) is 5.10 Å². The number of halogens is 1. The molecule has 6 nitrogen and oxygen atoms in total. The topological polar surface area (TPSA) is 48.7 Å². The maximum absolute atomic E-state index is 4.79. The molecule has 2 aromatic rings. The van der Waals surface area contributed by atoms with Crippen LogP contribution in [0.15, 0.2) is 47.7 Å². The molecule has 0 bridgehead atoms. The number of rotatable bonds is 5. The highest BCUT2D eigenvalue weighted by atomic mass is 127. The highest BCUT2D eigenvalue weighted by Gasteiger charge is 2.19. The summed E-state index contributed by atoms with van der Waals surface area (Å²) in [7, 11) is 1.93. The maximum Gasteiger partial charge on any atom is 0.194 e. The lowest BCUT2D eigenvalue weighted by atomic mass is 10.2. The van der Waals surface area contributed by atoms with Gasteiger partial charge >= 0.3 is 0 Å². The first-order valence-electron chi connectivity index (χ1n) is 9.01. The first kappa shape index (κ1) is 20.7. The second kappa shape index (κ2) is 10.5. The second-order valence-electron chi connectivity index (χ2n) is 6.44. The van der Waals surface area contributed by atoms with Crippen molar-refractivity contribution in [2.24, 2.45) is 12.0 Å². The third-order valence-electron chi connectivity index (χ3n) is 4.43. The summed E-state index contributed by atoms with van der Waals surface area (Å²) in [6.07, 6.45) is 3.90. The molecule has 142 valence electrons. The Morgan fingerprint density at radius 2 is 1.85 bits per heavy atom. The van der Waals surface area contributed by atoms with Crippen molar-refractivity contribution in [1.29, 1.82) is 0 Å². The zero-order chi connectivity index (χ0) is 17.5. The number of aliphatic imine (C=N–C) groups is 1. The lowest BCUT2D eigenvalue weighted by molar-refractivity contribution is 0.172. The van der Waals surface area contributed by atoms with Crippen LogP contribution in [-0.2, 0) is 20.1 Å². The van der Waals surface area contributed by atoms with Crippen LogP contribution in [-0.4, -0.2) is 58.3 Å². The van der Waals surface area contributed by atoms with E-state index in [1.807, 2.05) is 24.1 Å². The van der Waals surface area contributed by atoms with E-state index >= 15 is 0 Å². The van der Waals surface area contributed by atoms with Crippen molar-refractivity contribution in [1.82, 2.24) is 24.9 Å². The van der Waals surface area contributed by atoms with Crippen molar-refractivity contribution in [3.8, 4) is 0 Å². The molecular weight excluding hydrogens is 439 g/mol. The summed E-state index contributed by atoms with van der Waals surface area (Å²) >= 11 is 0. The molecule has 0 saturated carbocycles. The molecule has 1 saturated heterocycles. The van der Waals surface area contributed by atoms with E-state index < -0.39 is 0 Å². The van der Waals surface area contributed by atoms with Crippen LogP contribution in [0.2, 0.25) is 0 Å². The fraction of sp³-hybridized carbons (Fsp3) is 0.474. The van der Waals surface area contributed by atoms with Crippen LogP contribution in [0, 0.1) is 0 Å². The standard InChI is InChI=1S/C19H28N6.HI/c1-3-20-19(21-13-18-14-22-23(2)15-18)25-11-9-24(10-12-25)16-17-7-5-4-6-8-17;/h4-8,14-15H,3,9-13,16H2,1-2H3,(H,20,21);1H. The molecule has 7 heteroatoms. The molecule has 0 amide bonds. The molecule has 0 atom stereocenters. The van der Waals surface area contributed by atoms with Crippen molar-refractivity contribution < 1.29 is 0 Å². The summed E-state index contributed by atoms with van der Waals surface area (Å²) in [5, 5.41) is 7.63. The van der Waals surface area contributed by atoms with E-state index in [2.05, 4.69) is 57.5 Å². The predicted octanol–water partition coefficient (Wildman–Crippen LogP) is 2.32. The van der Waals surface area contributed by atoms with Crippen LogP contribution >= 0.6 is 24.0 Å². The molecule has 1 aromatic carbocycles. The van der Waals surface area contributed by atoms with Gasteiger partial charge in [-0.3, -0.25) is 9.58 Å². The second-order valence-corrected chi connectivity index (χ2v) is 6.44. The number of piperazine rings is 1. The summed E-state index contributed by atoms with van der Waals surface area (Å²) in [5.41, 5.74) is 2.52. The van der Waals surface area contributed by atoms with Gasteiger partial charge in [0.25, 0.3) is 0 Å². The van der Waals surface area contributed by atoms with Crippen LogP contribution in [0.1, 0.15) is 18.1 Å². The van der Waals surface area contributed by atoms with E-state index in [1.165, 1.54) is 5.56 Å². The number of nitrogens with zero attached hydrogens (tertiary/aromatic N) is 5. The molecule has 1 aliphatic rings. The van der Waals surface area contributed by atoms with Crippen LogP contribution in [0.4, 0.5) is 0 Å². The van der Waals surface area contributed by atoms with E-state index in [-0.39, 0.29) is 24.0 Å². The third kappa shape index (κ3) is 5.98. The number of nitrogens with one attached hydrogen (secondary N) is 1. The van der Waals surface area contributed by atoms with Gasteiger partial charge in [-0.25, -0.2) is 4.99 Å². The van der Waals surface area contributed by atoms with Gasteiger partial charge < -0.3 is 10.2 Å². The van der Waals surface area contributed by atoms with Gasteiger partial charge in [0, 0.05) is 58.1 Å². The van der Waals surface area contributed by atoms with Gasteiger partial charge in [0.1, 0.15) is 0 Å². The van der Waals surface area contributed by atoms with E-state index in [0.717, 1.165) is 50.8 Å². The van der Waals surface area contributed by atoms with Crippen LogP contribution in [0.5, 0.6) is 0 Å². The average Bonchev–Trinajstić information content (AvgIpc) is 3.06. The summed E-state index contributed by atoms with van der Waals surface area (Å²) in [6.45, 7) is 8.83. The monoisotopic (exact) mass is 468 g/mol. The minimum atomic E-state index is 0. The third-order valence-corrected chi connectivity index (χ3v) is 4.43. The largest absolute Gasteiger partial charge is 0.357 e. The zero-order valence-corrected chi connectivity index (χ0v) is 18.0. The molecule has 1 fully saturated rings. The molecule has 1 aromatic heterocycles. The molecule has 0 radical (unpaired) electrons. The molecular formula is C19H29IN6. The van der Waals surface area contributed by atoms with E-state index in [4.69, 9.17) is 4.99 Å². The first-order chi connectivity index (χ1) is 12.2. The SMILES string of the molecule is CCNC(=NCc1cnn(C)c1)N1CCN(Cc2ccccc2)CC1.I. The Morgan fingerprint density at radius 1 is 1.12 bits per heavy atom. The quantitative estimate of drug-likeness (QED) is 0.416. The van der Waals surface area contributed by atoms with Gasteiger partial charge in [0.05, 0.1) is 12.7 Å². The Kier molecular flexibility index (Phi) is 8.37. The molecule has 1 N–H and O–H groups in total. The fourth-order valence-corrected chi connectivity index (χ4v) is 3.10. The Balaban J connectivity index is 0.00000243. The minimum absolute atomic E-state index is 0. The van der Waals surface area contributed by atoms with E-state index in [9.17, 15) is 0 Å². The summed E-state index contributed by atoms with van der Waals surface area (Å²) in [5.74, 6) is 1.01. The zero-order valence-electron chi connectivity index (χ0n) is 15.6. The average molecular weight is 468 g/mol. The van der Waals surface area contributed by atoms with Gasteiger partial charge in [-0.05, 0) is 12.5 Å². The number of hydrogen-bond acceptors (Lipinski definition) is 3. The Labute approximate surface area is 173 Å². The highest BCUT2D eigenvalue weighted by molar-refractivity contribution is 14.0. The van der Waals surface area contributed by atoms with Crippen molar-refractivity contribution in [3.63, 3.8) is 0 Å². The van der Waals surface area contributed by atoms with Gasteiger partial charge in [0.2, 0.25) is 0 Å². The van der Waals surface area contributed by atoms with Crippen LogP contribution in [0.25, 0.3) is 0 Å². The lowest BCUT2D eigenvalue weighted by Crippen LogP contribution is -2.52.